The minimum atomic E-state index is 0.218. The summed E-state index contributed by atoms with van der Waals surface area (Å²) in [5, 5.41) is 3.50. The maximum atomic E-state index is 5.96. The third-order valence-corrected chi connectivity index (χ3v) is 2.95. The van der Waals surface area contributed by atoms with Crippen molar-refractivity contribution in [3.63, 3.8) is 0 Å². The van der Waals surface area contributed by atoms with E-state index in [1.54, 1.807) is 18.7 Å². The Morgan fingerprint density at radius 3 is 3.00 bits per heavy atom. The van der Waals surface area contributed by atoms with E-state index < -0.39 is 0 Å². The van der Waals surface area contributed by atoms with Crippen molar-refractivity contribution in [2.45, 2.75) is 25.8 Å². The molecule has 18 heavy (non-hydrogen) atoms. The topological polar surface area (TPSA) is 64.1 Å². The zero-order valence-electron chi connectivity index (χ0n) is 10.6. The van der Waals surface area contributed by atoms with Gasteiger partial charge in [-0.25, -0.2) is 0 Å². The van der Waals surface area contributed by atoms with Crippen LogP contribution in [0.15, 0.2) is 41.5 Å². The molecule has 4 heteroatoms. The van der Waals surface area contributed by atoms with Crippen LogP contribution in [0.1, 0.15) is 30.5 Å². The van der Waals surface area contributed by atoms with Crippen LogP contribution in [0.2, 0.25) is 0 Å². The summed E-state index contributed by atoms with van der Waals surface area (Å²) in [5.41, 5.74) is 8.96. The van der Waals surface area contributed by atoms with Crippen molar-refractivity contribution in [1.82, 2.24) is 10.3 Å². The summed E-state index contributed by atoms with van der Waals surface area (Å²) in [4.78, 5) is 4.13. The van der Waals surface area contributed by atoms with Crippen LogP contribution in [0.25, 0.3) is 0 Å². The van der Waals surface area contributed by atoms with E-state index in [2.05, 4.69) is 17.2 Å². The van der Waals surface area contributed by atoms with Crippen molar-refractivity contribution in [2.24, 2.45) is 0 Å². The quantitative estimate of drug-likeness (QED) is 0.821. The maximum absolute atomic E-state index is 5.96. The number of pyridine rings is 1. The Morgan fingerprint density at radius 2 is 2.33 bits per heavy atom. The second kappa shape index (κ2) is 6.21. The Kier molecular flexibility index (Phi) is 4.36. The van der Waals surface area contributed by atoms with Crippen molar-refractivity contribution < 1.29 is 4.42 Å². The minimum absolute atomic E-state index is 0.218. The number of furan rings is 1. The second-order valence-corrected chi connectivity index (χ2v) is 4.34. The largest absolute Gasteiger partial charge is 0.472 e. The van der Waals surface area contributed by atoms with Crippen molar-refractivity contribution >= 4 is 5.69 Å². The highest BCUT2D eigenvalue weighted by molar-refractivity contribution is 5.45. The molecule has 96 valence electrons. The summed E-state index contributed by atoms with van der Waals surface area (Å²) >= 11 is 0. The van der Waals surface area contributed by atoms with Crippen LogP contribution in [-0.2, 0) is 6.42 Å². The molecule has 1 unspecified atom stereocenters. The molecule has 2 rings (SSSR count). The molecule has 2 heterocycles. The number of aromatic nitrogens is 1. The van der Waals surface area contributed by atoms with Crippen LogP contribution in [-0.4, -0.2) is 11.5 Å². The van der Waals surface area contributed by atoms with Gasteiger partial charge in [-0.2, -0.15) is 0 Å². The van der Waals surface area contributed by atoms with E-state index in [4.69, 9.17) is 10.2 Å². The molecule has 0 bridgehead atoms. The van der Waals surface area contributed by atoms with E-state index in [9.17, 15) is 0 Å². The first-order valence-electron chi connectivity index (χ1n) is 6.25. The summed E-state index contributed by atoms with van der Waals surface area (Å²) in [6, 6.07) is 4.04. The Balaban J connectivity index is 2.13. The van der Waals surface area contributed by atoms with Gasteiger partial charge in [0, 0.05) is 29.7 Å². The molecular formula is C14H19N3O. The van der Waals surface area contributed by atoms with Crippen molar-refractivity contribution in [1.29, 1.82) is 0 Å². The number of hydrogen-bond acceptors (Lipinski definition) is 4. The predicted molar refractivity (Wildman–Crippen MR) is 72.1 cm³/mol. The molecule has 0 saturated carbocycles. The number of nitrogens with one attached hydrogen (secondary N) is 1. The molecule has 0 fully saturated rings. The SMILES string of the molecule is CCCNC(Cc1cnccc1N)c1ccoc1. The van der Waals surface area contributed by atoms with Gasteiger partial charge in [-0.1, -0.05) is 6.92 Å². The second-order valence-electron chi connectivity index (χ2n) is 4.34. The van der Waals surface area contributed by atoms with Gasteiger partial charge >= 0.3 is 0 Å². The summed E-state index contributed by atoms with van der Waals surface area (Å²) in [7, 11) is 0. The van der Waals surface area contributed by atoms with Gasteiger partial charge in [-0.15, -0.1) is 0 Å². The molecule has 0 aliphatic heterocycles. The van der Waals surface area contributed by atoms with Crippen LogP contribution in [0.4, 0.5) is 5.69 Å². The van der Waals surface area contributed by atoms with E-state index in [1.165, 1.54) is 0 Å². The number of nitrogens with two attached hydrogens (primary N) is 1. The van der Waals surface area contributed by atoms with Gasteiger partial charge in [-0.05, 0) is 37.1 Å². The van der Waals surface area contributed by atoms with Crippen LogP contribution in [0.3, 0.4) is 0 Å². The fourth-order valence-electron chi connectivity index (χ4n) is 1.93. The zero-order chi connectivity index (χ0) is 12.8. The van der Waals surface area contributed by atoms with Gasteiger partial charge < -0.3 is 15.5 Å². The molecule has 0 aromatic carbocycles. The predicted octanol–water partition coefficient (Wildman–Crippen LogP) is 2.54. The van der Waals surface area contributed by atoms with Gasteiger partial charge in [0.25, 0.3) is 0 Å². The molecule has 3 N–H and O–H groups in total. The molecule has 0 amide bonds. The summed E-state index contributed by atoms with van der Waals surface area (Å²) in [5.74, 6) is 0. The van der Waals surface area contributed by atoms with Crippen molar-refractivity contribution in [2.75, 3.05) is 12.3 Å². The lowest BCUT2D eigenvalue weighted by Gasteiger charge is -2.17. The van der Waals surface area contributed by atoms with E-state index in [0.29, 0.717) is 0 Å². The van der Waals surface area contributed by atoms with E-state index in [0.717, 1.165) is 36.2 Å². The lowest BCUT2D eigenvalue weighted by Crippen LogP contribution is -2.24. The third-order valence-electron chi connectivity index (χ3n) is 2.95. The van der Waals surface area contributed by atoms with Crippen LogP contribution >= 0.6 is 0 Å². The third kappa shape index (κ3) is 3.11. The molecular weight excluding hydrogens is 226 g/mol. The standard InChI is InChI=1S/C14H19N3O/c1-2-5-17-14(11-4-7-18-10-11)8-12-9-16-6-3-13(12)15/h3-4,6-7,9-10,14,17H,2,5,8H2,1H3,(H2,15,16). The van der Waals surface area contributed by atoms with Crippen LogP contribution < -0.4 is 11.1 Å². The van der Waals surface area contributed by atoms with Crippen LogP contribution in [0.5, 0.6) is 0 Å². The zero-order valence-corrected chi connectivity index (χ0v) is 10.6. The van der Waals surface area contributed by atoms with E-state index >= 15 is 0 Å². The first-order valence-corrected chi connectivity index (χ1v) is 6.25. The molecule has 0 saturated heterocycles. The fraction of sp³-hybridized carbons (Fsp3) is 0.357. The van der Waals surface area contributed by atoms with Gasteiger partial charge in [0.1, 0.15) is 0 Å². The monoisotopic (exact) mass is 245 g/mol. The minimum Gasteiger partial charge on any atom is -0.472 e. The van der Waals surface area contributed by atoms with Gasteiger partial charge in [0.05, 0.1) is 12.5 Å². The Labute approximate surface area is 107 Å². The summed E-state index contributed by atoms with van der Waals surface area (Å²) in [6.07, 6.45) is 8.93. The van der Waals surface area contributed by atoms with Crippen LogP contribution in [0, 0.1) is 0 Å². The normalized spacial score (nSPS) is 12.5. The Morgan fingerprint density at radius 1 is 1.44 bits per heavy atom. The molecule has 0 spiro atoms. The molecule has 0 aliphatic rings. The maximum Gasteiger partial charge on any atom is 0.0950 e. The highest BCUT2D eigenvalue weighted by Gasteiger charge is 2.14. The molecule has 0 aliphatic carbocycles. The molecule has 2 aromatic rings. The van der Waals surface area contributed by atoms with Gasteiger partial charge in [-0.3, -0.25) is 4.98 Å². The van der Waals surface area contributed by atoms with Crippen molar-refractivity contribution in [3.05, 3.63) is 48.2 Å². The number of anilines is 1. The number of nitrogens with zero attached hydrogens (tertiary/aromatic N) is 1. The fourth-order valence-corrected chi connectivity index (χ4v) is 1.93. The average Bonchev–Trinajstić information content (AvgIpc) is 2.90. The highest BCUT2D eigenvalue weighted by Crippen LogP contribution is 2.21. The number of nitrogen functional groups attached to an aromatic ring is 1. The lowest BCUT2D eigenvalue weighted by molar-refractivity contribution is 0.512. The first kappa shape index (κ1) is 12.6. The van der Waals surface area contributed by atoms with Crippen molar-refractivity contribution in [3.8, 4) is 0 Å². The molecule has 0 radical (unpaired) electrons. The Hall–Kier alpha value is -1.81. The lowest BCUT2D eigenvalue weighted by atomic mass is 10.0. The first-order chi connectivity index (χ1) is 8.81. The van der Waals surface area contributed by atoms with E-state index in [-0.39, 0.29) is 6.04 Å². The van der Waals surface area contributed by atoms with E-state index in [1.807, 2.05) is 18.3 Å². The molecule has 1 atom stereocenters. The molecule has 4 nitrogen and oxygen atoms in total. The van der Waals surface area contributed by atoms with Gasteiger partial charge in [0.15, 0.2) is 0 Å². The Bertz CT molecular complexity index is 468. The smallest absolute Gasteiger partial charge is 0.0950 e. The highest BCUT2D eigenvalue weighted by atomic mass is 16.3. The van der Waals surface area contributed by atoms with Gasteiger partial charge in [0.2, 0.25) is 0 Å². The summed E-state index contributed by atoms with van der Waals surface area (Å²) in [6.45, 7) is 3.12. The average molecular weight is 245 g/mol. The summed E-state index contributed by atoms with van der Waals surface area (Å²) < 4.78 is 5.16. The number of rotatable bonds is 6. The number of hydrogen-bond donors (Lipinski definition) is 2. The molecule has 2 aromatic heterocycles.